The third kappa shape index (κ3) is 5.03. The van der Waals surface area contributed by atoms with Crippen LogP contribution in [-0.2, 0) is 27.9 Å². The fraction of sp³-hybridized carbons (Fsp3) is 0.647. The van der Waals surface area contributed by atoms with Crippen LogP contribution in [0.5, 0.6) is 5.88 Å². The number of ether oxygens (including phenoxy) is 3. The highest BCUT2D eigenvalue weighted by Crippen LogP contribution is 2.29. The second-order valence-corrected chi connectivity index (χ2v) is 7.35. The van der Waals surface area contributed by atoms with E-state index in [1.165, 1.54) is 11.8 Å². The van der Waals surface area contributed by atoms with E-state index in [1.807, 2.05) is 17.8 Å². The van der Waals surface area contributed by atoms with Crippen LogP contribution < -0.4 is 10.1 Å². The molecule has 0 aliphatic carbocycles. The Hall–Kier alpha value is -2.11. The predicted molar refractivity (Wildman–Crippen MR) is 103 cm³/mol. The number of aryl methyl sites for hydroxylation is 1. The van der Waals surface area contributed by atoms with Crippen molar-refractivity contribution in [3.05, 3.63) is 6.20 Å². The second kappa shape index (κ2) is 9.89. The number of hydrogen-bond acceptors (Lipinski definition) is 8. The van der Waals surface area contributed by atoms with Crippen LogP contribution in [0, 0.1) is 0 Å². The van der Waals surface area contributed by atoms with Crippen molar-refractivity contribution in [3.63, 3.8) is 0 Å². The molecular weight excluding hydrogens is 384 g/mol. The van der Waals surface area contributed by atoms with E-state index < -0.39 is 0 Å². The summed E-state index contributed by atoms with van der Waals surface area (Å²) in [7, 11) is 5.02. The highest BCUT2D eigenvalue weighted by atomic mass is 32.2. The SMILES string of the molecule is COCCn1c(SCC(=O)NCC2CCCO2)nnc1-c1cn(C)nc1OC. The minimum Gasteiger partial charge on any atom is -0.479 e. The van der Waals surface area contributed by atoms with Crippen LogP contribution in [-0.4, -0.2) is 76.3 Å². The molecule has 28 heavy (non-hydrogen) atoms. The molecule has 10 nitrogen and oxygen atoms in total. The summed E-state index contributed by atoms with van der Waals surface area (Å²) >= 11 is 1.34. The van der Waals surface area contributed by atoms with Crippen molar-refractivity contribution in [1.82, 2.24) is 29.9 Å². The Morgan fingerprint density at radius 2 is 2.29 bits per heavy atom. The van der Waals surface area contributed by atoms with Crippen molar-refractivity contribution in [2.24, 2.45) is 7.05 Å². The number of aromatic nitrogens is 5. The Bertz CT molecular complexity index is 787. The van der Waals surface area contributed by atoms with Crippen LogP contribution in [0.3, 0.4) is 0 Å². The first-order valence-electron chi connectivity index (χ1n) is 9.13. The zero-order valence-corrected chi connectivity index (χ0v) is 17.2. The summed E-state index contributed by atoms with van der Waals surface area (Å²) in [6.45, 7) is 2.37. The molecule has 1 unspecified atom stereocenters. The molecule has 1 aliphatic rings. The molecule has 1 amide bonds. The van der Waals surface area contributed by atoms with E-state index in [4.69, 9.17) is 14.2 Å². The van der Waals surface area contributed by atoms with Crippen molar-refractivity contribution in [2.45, 2.75) is 30.6 Å². The van der Waals surface area contributed by atoms with Gasteiger partial charge in [0.25, 0.3) is 0 Å². The molecule has 154 valence electrons. The van der Waals surface area contributed by atoms with E-state index in [0.29, 0.717) is 36.6 Å². The highest BCUT2D eigenvalue weighted by molar-refractivity contribution is 7.99. The van der Waals surface area contributed by atoms with Crippen molar-refractivity contribution >= 4 is 17.7 Å². The largest absolute Gasteiger partial charge is 0.479 e. The maximum atomic E-state index is 12.2. The number of carbonyl (C=O) groups is 1. The minimum absolute atomic E-state index is 0.0534. The van der Waals surface area contributed by atoms with E-state index in [9.17, 15) is 4.79 Å². The maximum absolute atomic E-state index is 12.2. The Kier molecular flexibility index (Phi) is 7.29. The molecule has 0 radical (unpaired) electrons. The quantitative estimate of drug-likeness (QED) is 0.571. The van der Waals surface area contributed by atoms with Crippen molar-refractivity contribution in [3.8, 4) is 17.3 Å². The topological polar surface area (TPSA) is 105 Å². The van der Waals surface area contributed by atoms with Gasteiger partial charge in [-0.25, -0.2) is 0 Å². The molecule has 0 saturated carbocycles. The van der Waals surface area contributed by atoms with Crippen LogP contribution in [0.15, 0.2) is 11.4 Å². The van der Waals surface area contributed by atoms with E-state index >= 15 is 0 Å². The van der Waals surface area contributed by atoms with Gasteiger partial charge in [0.2, 0.25) is 11.8 Å². The number of amides is 1. The summed E-state index contributed by atoms with van der Waals surface area (Å²) in [6, 6.07) is 0. The lowest BCUT2D eigenvalue weighted by Gasteiger charge is -2.11. The highest BCUT2D eigenvalue weighted by Gasteiger charge is 2.21. The third-order valence-corrected chi connectivity index (χ3v) is 5.32. The molecule has 1 saturated heterocycles. The Morgan fingerprint density at radius 3 is 3.00 bits per heavy atom. The van der Waals surface area contributed by atoms with Gasteiger partial charge in [-0.15, -0.1) is 15.3 Å². The van der Waals surface area contributed by atoms with Gasteiger partial charge in [-0.1, -0.05) is 11.8 Å². The predicted octanol–water partition coefficient (Wildman–Crippen LogP) is 0.721. The summed E-state index contributed by atoms with van der Waals surface area (Å²) in [4.78, 5) is 12.2. The van der Waals surface area contributed by atoms with Crippen molar-refractivity contribution in [1.29, 1.82) is 0 Å². The van der Waals surface area contributed by atoms with Gasteiger partial charge in [-0.3, -0.25) is 14.0 Å². The summed E-state index contributed by atoms with van der Waals surface area (Å²) in [5.41, 5.74) is 0.739. The molecule has 1 atom stereocenters. The Morgan fingerprint density at radius 1 is 1.43 bits per heavy atom. The normalized spacial score (nSPS) is 16.5. The van der Waals surface area contributed by atoms with E-state index in [-0.39, 0.29) is 17.8 Å². The van der Waals surface area contributed by atoms with Gasteiger partial charge in [0.1, 0.15) is 5.56 Å². The molecule has 2 aromatic rings. The lowest BCUT2D eigenvalue weighted by Crippen LogP contribution is -2.33. The van der Waals surface area contributed by atoms with Gasteiger partial charge in [-0.2, -0.15) is 0 Å². The third-order valence-electron chi connectivity index (χ3n) is 4.35. The fourth-order valence-electron chi connectivity index (χ4n) is 2.97. The van der Waals surface area contributed by atoms with Gasteiger partial charge in [0.05, 0.1) is 32.1 Å². The molecule has 1 N–H and O–H groups in total. The summed E-state index contributed by atoms with van der Waals surface area (Å²) < 4.78 is 19.7. The minimum atomic E-state index is -0.0534. The van der Waals surface area contributed by atoms with E-state index in [2.05, 4.69) is 20.6 Å². The Balaban J connectivity index is 1.68. The van der Waals surface area contributed by atoms with Gasteiger partial charge < -0.3 is 19.5 Å². The first-order chi connectivity index (χ1) is 13.6. The molecule has 0 bridgehead atoms. The summed E-state index contributed by atoms with van der Waals surface area (Å²) in [5.74, 6) is 1.30. The van der Waals surface area contributed by atoms with E-state index in [1.54, 1.807) is 18.9 Å². The lowest BCUT2D eigenvalue weighted by atomic mass is 10.2. The molecule has 3 heterocycles. The molecule has 0 spiro atoms. The van der Waals surface area contributed by atoms with Crippen LogP contribution in [0.25, 0.3) is 11.4 Å². The zero-order valence-electron chi connectivity index (χ0n) is 16.4. The lowest BCUT2D eigenvalue weighted by molar-refractivity contribution is -0.119. The number of rotatable bonds is 10. The van der Waals surface area contributed by atoms with E-state index in [0.717, 1.165) is 25.0 Å². The molecule has 3 rings (SSSR count). The zero-order chi connectivity index (χ0) is 19.9. The molecule has 2 aromatic heterocycles. The number of hydrogen-bond donors (Lipinski definition) is 1. The standard InChI is InChI=1S/C17H26N6O4S/c1-22-10-13(16(21-22)26-3)15-19-20-17(23(15)6-8-25-2)28-11-14(24)18-9-12-5-4-7-27-12/h10,12H,4-9,11H2,1-3H3,(H,18,24). The van der Waals surface area contributed by atoms with Crippen LogP contribution >= 0.6 is 11.8 Å². The molecular formula is C17H26N6O4S. The van der Waals surface area contributed by atoms with Gasteiger partial charge >= 0.3 is 0 Å². The van der Waals surface area contributed by atoms with Gasteiger partial charge in [-0.05, 0) is 12.8 Å². The molecule has 11 heteroatoms. The average Bonchev–Trinajstić information content (AvgIpc) is 3.42. The molecule has 1 fully saturated rings. The van der Waals surface area contributed by atoms with Crippen LogP contribution in [0.1, 0.15) is 12.8 Å². The number of nitrogens with one attached hydrogen (secondary N) is 1. The first kappa shape index (κ1) is 20.6. The molecule has 0 aromatic carbocycles. The maximum Gasteiger partial charge on any atom is 0.243 e. The average molecular weight is 411 g/mol. The van der Waals surface area contributed by atoms with Crippen molar-refractivity contribution < 1.29 is 19.0 Å². The van der Waals surface area contributed by atoms with Crippen LogP contribution in [0.4, 0.5) is 0 Å². The second-order valence-electron chi connectivity index (χ2n) is 6.40. The number of carbonyl (C=O) groups excluding carboxylic acids is 1. The van der Waals surface area contributed by atoms with Gasteiger partial charge in [0.15, 0.2) is 11.0 Å². The number of methoxy groups -OCH3 is 2. The molecule has 1 aliphatic heterocycles. The summed E-state index contributed by atoms with van der Waals surface area (Å²) in [6.07, 6.45) is 4.01. The monoisotopic (exact) mass is 410 g/mol. The van der Waals surface area contributed by atoms with Gasteiger partial charge in [0, 0.05) is 33.5 Å². The van der Waals surface area contributed by atoms with Crippen molar-refractivity contribution in [2.75, 3.05) is 39.7 Å². The smallest absolute Gasteiger partial charge is 0.243 e. The Labute approximate surface area is 167 Å². The van der Waals surface area contributed by atoms with Crippen LogP contribution in [0.2, 0.25) is 0 Å². The summed E-state index contributed by atoms with van der Waals surface area (Å²) in [5, 5.41) is 16.4. The number of thioether (sulfide) groups is 1. The fourth-order valence-corrected chi connectivity index (χ4v) is 3.76. The first-order valence-corrected chi connectivity index (χ1v) is 10.1. The number of nitrogens with zero attached hydrogens (tertiary/aromatic N) is 5.